The van der Waals surface area contributed by atoms with Crippen LogP contribution >= 0.6 is 0 Å². The molecule has 0 radical (unpaired) electrons. The standard InChI is InChI=1S/C17H19NO5/c1-17(2)15-13(16(20)23-17)10(8-12(19)18-15)9-6-5-7-11(21-3)14(9)22-4/h5-7,10H,8H2,1-4H3,(H,18,19)/t10-/m1/s1. The molecule has 6 heteroatoms. The van der Waals surface area contributed by atoms with Gasteiger partial charge in [-0.05, 0) is 19.9 Å². The molecule has 2 aliphatic heterocycles. The quantitative estimate of drug-likeness (QED) is 0.862. The fraction of sp³-hybridized carbons (Fsp3) is 0.412. The average Bonchev–Trinajstić information content (AvgIpc) is 2.74. The number of methoxy groups -OCH3 is 2. The summed E-state index contributed by atoms with van der Waals surface area (Å²) in [6, 6.07) is 5.43. The molecule has 0 spiro atoms. The van der Waals surface area contributed by atoms with E-state index < -0.39 is 17.5 Å². The number of para-hydroxylation sites is 1. The summed E-state index contributed by atoms with van der Waals surface area (Å²) in [4.78, 5) is 24.5. The highest BCUT2D eigenvalue weighted by Crippen LogP contribution is 2.46. The lowest BCUT2D eigenvalue weighted by Gasteiger charge is -2.28. The van der Waals surface area contributed by atoms with Crippen molar-refractivity contribution in [2.45, 2.75) is 31.8 Å². The second-order valence-electron chi connectivity index (χ2n) is 6.08. The van der Waals surface area contributed by atoms with Crippen LogP contribution in [-0.2, 0) is 14.3 Å². The maximum absolute atomic E-state index is 12.4. The topological polar surface area (TPSA) is 73.9 Å². The van der Waals surface area contributed by atoms with Crippen molar-refractivity contribution in [1.82, 2.24) is 5.32 Å². The summed E-state index contributed by atoms with van der Waals surface area (Å²) in [5.41, 5.74) is 0.922. The Morgan fingerprint density at radius 3 is 2.61 bits per heavy atom. The lowest BCUT2D eigenvalue weighted by Crippen LogP contribution is -2.38. The average molecular weight is 317 g/mol. The number of nitrogens with one attached hydrogen (secondary N) is 1. The molecule has 2 aliphatic rings. The van der Waals surface area contributed by atoms with Crippen molar-refractivity contribution in [2.24, 2.45) is 0 Å². The molecule has 0 saturated heterocycles. The zero-order valence-electron chi connectivity index (χ0n) is 13.6. The molecule has 3 rings (SSSR count). The van der Waals surface area contributed by atoms with Crippen LogP contribution in [0.5, 0.6) is 11.5 Å². The molecular formula is C17H19NO5. The summed E-state index contributed by atoms with van der Waals surface area (Å²) in [5, 5.41) is 2.79. The lowest BCUT2D eigenvalue weighted by molar-refractivity contribution is -0.144. The van der Waals surface area contributed by atoms with E-state index in [4.69, 9.17) is 14.2 Å². The molecule has 122 valence electrons. The molecule has 1 N–H and O–H groups in total. The molecule has 1 atom stereocenters. The van der Waals surface area contributed by atoms with Gasteiger partial charge in [0.1, 0.15) is 5.60 Å². The van der Waals surface area contributed by atoms with E-state index in [9.17, 15) is 9.59 Å². The number of esters is 1. The zero-order chi connectivity index (χ0) is 16.8. The monoisotopic (exact) mass is 317 g/mol. The molecular weight excluding hydrogens is 298 g/mol. The molecule has 0 aliphatic carbocycles. The minimum atomic E-state index is -0.840. The van der Waals surface area contributed by atoms with Crippen molar-refractivity contribution in [3.8, 4) is 11.5 Å². The number of carbonyl (C=O) groups is 2. The first-order chi connectivity index (χ1) is 10.9. The second kappa shape index (κ2) is 5.30. The summed E-state index contributed by atoms with van der Waals surface area (Å²) in [6.07, 6.45) is 0.160. The maximum Gasteiger partial charge on any atom is 0.337 e. The molecule has 0 saturated carbocycles. The molecule has 0 bridgehead atoms. The van der Waals surface area contributed by atoms with Crippen LogP contribution in [-0.4, -0.2) is 31.7 Å². The Morgan fingerprint density at radius 1 is 1.22 bits per heavy atom. The molecule has 1 aromatic carbocycles. The van der Waals surface area contributed by atoms with E-state index in [1.807, 2.05) is 12.1 Å². The summed E-state index contributed by atoms with van der Waals surface area (Å²) >= 11 is 0. The molecule has 1 amide bonds. The third kappa shape index (κ3) is 2.34. The summed E-state index contributed by atoms with van der Waals surface area (Å²) in [5.74, 6) is 0.116. The van der Waals surface area contributed by atoms with Crippen LogP contribution in [0.4, 0.5) is 0 Å². The fourth-order valence-corrected chi connectivity index (χ4v) is 3.23. The van der Waals surface area contributed by atoms with E-state index in [1.165, 1.54) is 7.11 Å². The minimum Gasteiger partial charge on any atom is -0.493 e. The number of hydrogen-bond donors (Lipinski definition) is 1. The van der Waals surface area contributed by atoms with E-state index in [1.54, 1.807) is 27.0 Å². The van der Waals surface area contributed by atoms with Crippen LogP contribution in [0.15, 0.2) is 29.5 Å². The van der Waals surface area contributed by atoms with Crippen molar-refractivity contribution in [1.29, 1.82) is 0 Å². The largest absolute Gasteiger partial charge is 0.493 e. The van der Waals surface area contributed by atoms with Gasteiger partial charge in [0.05, 0.1) is 25.5 Å². The van der Waals surface area contributed by atoms with Gasteiger partial charge in [0, 0.05) is 17.9 Å². The molecule has 23 heavy (non-hydrogen) atoms. The van der Waals surface area contributed by atoms with Gasteiger partial charge >= 0.3 is 5.97 Å². The Balaban J connectivity index is 2.18. The van der Waals surface area contributed by atoms with Crippen LogP contribution in [0.1, 0.15) is 31.7 Å². The van der Waals surface area contributed by atoms with Gasteiger partial charge in [-0.2, -0.15) is 0 Å². The van der Waals surface area contributed by atoms with E-state index in [0.717, 1.165) is 5.56 Å². The van der Waals surface area contributed by atoms with Crippen molar-refractivity contribution in [3.05, 3.63) is 35.0 Å². The first-order valence-corrected chi connectivity index (χ1v) is 7.37. The Bertz CT molecular complexity index is 720. The van der Waals surface area contributed by atoms with Crippen LogP contribution in [0.3, 0.4) is 0 Å². The highest BCUT2D eigenvalue weighted by atomic mass is 16.6. The van der Waals surface area contributed by atoms with Gasteiger partial charge in [-0.25, -0.2) is 4.79 Å². The molecule has 6 nitrogen and oxygen atoms in total. The van der Waals surface area contributed by atoms with Gasteiger partial charge in [-0.15, -0.1) is 0 Å². The first-order valence-electron chi connectivity index (χ1n) is 7.37. The zero-order valence-corrected chi connectivity index (χ0v) is 13.6. The van der Waals surface area contributed by atoms with E-state index in [2.05, 4.69) is 5.32 Å². The molecule has 1 aromatic rings. The molecule has 0 fully saturated rings. The molecule has 0 unspecified atom stereocenters. The van der Waals surface area contributed by atoms with E-state index in [0.29, 0.717) is 22.8 Å². The number of rotatable bonds is 3. The summed E-state index contributed by atoms with van der Waals surface area (Å²) in [7, 11) is 3.09. The Kier molecular flexibility index (Phi) is 3.55. The summed E-state index contributed by atoms with van der Waals surface area (Å²) < 4.78 is 16.2. The van der Waals surface area contributed by atoms with Gasteiger partial charge in [0.15, 0.2) is 11.5 Å². The maximum atomic E-state index is 12.4. The van der Waals surface area contributed by atoms with Gasteiger partial charge < -0.3 is 19.5 Å². The van der Waals surface area contributed by atoms with Crippen molar-refractivity contribution in [2.75, 3.05) is 14.2 Å². The van der Waals surface area contributed by atoms with Crippen LogP contribution in [0.25, 0.3) is 0 Å². The first kappa shape index (κ1) is 15.4. The number of ether oxygens (including phenoxy) is 3. The summed E-state index contributed by atoms with van der Waals surface area (Å²) in [6.45, 7) is 3.53. The SMILES string of the molecule is COc1cccc([C@H]2CC(=O)NC3=C2C(=O)OC3(C)C)c1OC. The van der Waals surface area contributed by atoms with Crippen LogP contribution < -0.4 is 14.8 Å². The predicted octanol–water partition coefficient (Wildman–Crippen LogP) is 1.90. The normalized spacial score (nSPS) is 22.3. The van der Waals surface area contributed by atoms with E-state index >= 15 is 0 Å². The highest BCUT2D eigenvalue weighted by molar-refractivity contribution is 5.99. The lowest BCUT2D eigenvalue weighted by atomic mass is 9.82. The number of carbonyl (C=O) groups excluding carboxylic acids is 2. The number of hydrogen-bond acceptors (Lipinski definition) is 5. The minimum absolute atomic E-state index is 0.148. The predicted molar refractivity (Wildman–Crippen MR) is 82.2 cm³/mol. The van der Waals surface area contributed by atoms with Gasteiger partial charge in [0.2, 0.25) is 5.91 Å². The molecule has 0 aromatic heterocycles. The third-order valence-electron chi connectivity index (χ3n) is 4.25. The third-order valence-corrected chi connectivity index (χ3v) is 4.25. The van der Waals surface area contributed by atoms with E-state index in [-0.39, 0.29) is 12.3 Å². The Labute approximate surface area is 134 Å². The number of amides is 1. The van der Waals surface area contributed by atoms with Crippen LogP contribution in [0.2, 0.25) is 0 Å². The number of benzene rings is 1. The molecule has 2 heterocycles. The Morgan fingerprint density at radius 2 is 1.96 bits per heavy atom. The highest BCUT2D eigenvalue weighted by Gasteiger charge is 2.48. The number of cyclic esters (lactones) is 1. The van der Waals surface area contributed by atoms with Gasteiger partial charge in [0.25, 0.3) is 0 Å². The van der Waals surface area contributed by atoms with Crippen molar-refractivity contribution < 1.29 is 23.8 Å². The van der Waals surface area contributed by atoms with Gasteiger partial charge in [-0.1, -0.05) is 12.1 Å². The Hall–Kier alpha value is -2.50. The van der Waals surface area contributed by atoms with Crippen molar-refractivity contribution >= 4 is 11.9 Å². The second-order valence-corrected chi connectivity index (χ2v) is 6.08. The fourth-order valence-electron chi connectivity index (χ4n) is 3.23. The van der Waals surface area contributed by atoms with Gasteiger partial charge in [-0.3, -0.25) is 4.79 Å². The van der Waals surface area contributed by atoms with Crippen LogP contribution in [0, 0.1) is 0 Å². The van der Waals surface area contributed by atoms with Crippen molar-refractivity contribution in [3.63, 3.8) is 0 Å². The smallest absolute Gasteiger partial charge is 0.337 e.